The first kappa shape index (κ1) is 87.1. The topological polar surface area (TPSA) is 237 Å². The second-order valence-electron chi connectivity index (χ2n) is 26.7. The highest BCUT2D eigenvalue weighted by molar-refractivity contribution is 7.47. The van der Waals surface area contributed by atoms with E-state index in [4.69, 9.17) is 37.0 Å². The van der Waals surface area contributed by atoms with Crippen LogP contribution in [-0.4, -0.2) is 96.7 Å². The molecule has 0 saturated carbocycles. The van der Waals surface area contributed by atoms with Gasteiger partial charge >= 0.3 is 39.5 Å². The number of unbranched alkanes of at least 4 members (excludes halogenated alkanes) is 31. The predicted octanol–water partition coefficient (Wildman–Crippen LogP) is 19.7. The molecule has 528 valence electrons. The Hall–Kier alpha value is -1.94. The minimum absolute atomic E-state index is 0.105. The number of hydrogen-bond donors (Lipinski definition) is 3. The van der Waals surface area contributed by atoms with Crippen LogP contribution in [0.5, 0.6) is 0 Å². The minimum atomic E-state index is -4.95. The first-order valence-electron chi connectivity index (χ1n) is 36.3. The Labute approximate surface area is 543 Å². The van der Waals surface area contributed by atoms with Crippen molar-refractivity contribution < 1.29 is 80.2 Å². The van der Waals surface area contributed by atoms with Crippen LogP contribution in [0.4, 0.5) is 0 Å². The van der Waals surface area contributed by atoms with Crippen LogP contribution in [0.15, 0.2) is 0 Å². The molecule has 0 rings (SSSR count). The van der Waals surface area contributed by atoms with E-state index in [1.165, 1.54) is 135 Å². The normalized spacial score (nSPS) is 14.9. The summed E-state index contributed by atoms with van der Waals surface area (Å²) >= 11 is 0. The van der Waals surface area contributed by atoms with Gasteiger partial charge in [-0.15, -0.1) is 0 Å². The fraction of sp³-hybridized carbons (Fsp3) is 0.943. The van der Waals surface area contributed by atoms with E-state index in [1.807, 2.05) is 0 Å². The Kier molecular flexibility index (Phi) is 58.5. The molecule has 0 aliphatic carbocycles. The Morgan fingerprint density at radius 2 is 0.539 bits per heavy atom. The van der Waals surface area contributed by atoms with E-state index in [0.717, 1.165) is 120 Å². The summed E-state index contributed by atoms with van der Waals surface area (Å²) in [6.45, 7) is 14.1. The lowest BCUT2D eigenvalue weighted by molar-refractivity contribution is -0.161. The van der Waals surface area contributed by atoms with Crippen molar-refractivity contribution >= 4 is 39.5 Å². The molecule has 0 spiro atoms. The Morgan fingerprint density at radius 3 is 0.798 bits per heavy atom. The van der Waals surface area contributed by atoms with Gasteiger partial charge in [0.15, 0.2) is 12.2 Å². The van der Waals surface area contributed by atoms with Gasteiger partial charge in [0.1, 0.15) is 19.3 Å². The summed E-state index contributed by atoms with van der Waals surface area (Å²) in [5.74, 6) is 0.885. The molecule has 0 aliphatic heterocycles. The summed E-state index contributed by atoms with van der Waals surface area (Å²) in [6, 6.07) is 0. The molecular weight excluding hydrogens is 1170 g/mol. The van der Waals surface area contributed by atoms with Crippen LogP contribution in [-0.2, 0) is 65.4 Å². The first-order chi connectivity index (χ1) is 42.7. The van der Waals surface area contributed by atoms with E-state index in [1.54, 1.807) is 0 Å². The van der Waals surface area contributed by atoms with Crippen molar-refractivity contribution in [2.45, 2.75) is 363 Å². The van der Waals surface area contributed by atoms with Crippen LogP contribution in [0.2, 0.25) is 0 Å². The highest BCUT2D eigenvalue weighted by Crippen LogP contribution is 2.45. The van der Waals surface area contributed by atoms with E-state index < -0.39 is 97.5 Å². The second kappa shape index (κ2) is 59.8. The number of carbonyl (C=O) groups is 4. The van der Waals surface area contributed by atoms with E-state index >= 15 is 0 Å². The standard InChI is InChI=1S/C70H136O17P2/c1-9-62(7)48-40-32-24-18-15-16-20-26-37-45-53-70(75)86-65(56-80-67(72)50-42-34-27-21-23-31-39-47-61(5)6)58-84-88(76,77)82-54-64(71)55-83-89(78,79)85-59-66(57-81-68(73)51-43-35-29-28-33-41-49-63(8)10-2)87-69(74)52-44-36-25-19-14-12-11-13-17-22-30-38-46-60(3)4/h60-66,71H,9-59H2,1-8H3,(H,76,77)(H,78,79)/t62?,63?,64?,65-,66-/m1/s1. The average molecular weight is 1310 g/mol. The van der Waals surface area contributed by atoms with Gasteiger partial charge in [0.2, 0.25) is 0 Å². The SMILES string of the molecule is CCC(C)CCCCCCCCCCCCC(=O)O[C@H](COC(=O)CCCCCCCCCC(C)C)COP(=O)(O)OCC(O)COP(=O)(O)OC[C@@H](COC(=O)CCCCCCCCC(C)CC)OC(=O)CCCCCCCCCCCCCCC(C)C. The van der Waals surface area contributed by atoms with Crippen molar-refractivity contribution in [3.8, 4) is 0 Å². The number of hydrogen-bond acceptors (Lipinski definition) is 15. The first-order valence-corrected chi connectivity index (χ1v) is 39.3. The number of phosphoric ester groups is 2. The lowest BCUT2D eigenvalue weighted by Crippen LogP contribution is -2.30. The van der Waals surface area contributed by atoms with Gasteiger partial charge in [-0.1, -0.05) is 293 Å². The summed E-state index contributed by atoms with van der Waals surface area (Å²) in [6.07, 6.45) is 41.7. The van der Waals surface area contributed by atoms with Gasteiger partial charge in [-0.25, -0.2) is 9.13 Å². The van der Waals surface area contributed by atoms with Crippen molar-refractivity contribution in [3.63, 3.8) is 0 Å². The third-order valence-corrected chi connectivity index (χ3v) is 18.7. The molecule has 19 heteroatoms. The van der Waals surface area contributed by atoms with Gasteiger partial charge in [-0.05, 0) is 49.4 Å². The van der Waals surface area contributed by atoms with Crippen LogP contribution in [0.3, 0.4) is 0 Å². The zero-order valence-electron chi connectivity index (χ0n) is 58.1. The molecule has 0 amide bonds. The van der Waals surface area contributed by atoms with Crippen LogP contribution in [0, 0.1) is 23.7 Å². The van der Waals surface area contributed by atoms with Crippen LogP contribution >= 0.6 is 15.6 Å². The van der Waals surface area contributed by atoms with Crippen LogP contribution in [0.25, 0.3) is 0 Å². The lowest BCUT2D eigenvalue weighted by Gasteiger charge is -2.21. The summed E-state index contributed by atoms with van der Waals surface area (Å²) < 4.78 is 68.3. The number of aliphatic hydroxyl groups excluding tert-OH is 1. The number of phosphoric acid groups is 2. The van der Waals surface area contributed by atoms with Crippen LogP contribution in [0.1, 0.15) is 344 Å². The summed E-state index contributed by atoms with van der Waals surface area (Å²) in [7, 11) is -9.90. The molecule has 5 unspecified atom stereocenters. The molecule has 17 nitrogen and oxygen atoms in total. The van der Waals surface area contributed by atoms with Gasteiger partial charge in [0.05, 0.1) is 26.4 Å². The second-order valence-corrected chi connectivity index (χ2v) is 29.6. The number of carbonyl (C=O) groups excluding carboxylic acids is 4. The number of ether oxygens (including phenoxy) is 4. The summed E-state index contributed by atoms with van der Waals surface area (Å²) in [5, 5.41) is 10.6. The largest absolute Gasteiger partial charge is 0.472 e. The Balaban J connectivity index is 5.26. The maximum absolute atomic E-state index is 13.0. The lowest BCUT2D eigenvalue weighted by atomic mass is 9.99. The molecule has 0 aliphatic rings. The smallest absolute Gasteiger partial charge is 0.462 e. The molecule has 0 radical (unpaired) electrons. The average Bonchev–Trinajstić information content (AvgIpc) is 3.71. The number of aliphatic hydroxyl groups is 1. The maximum Gasteiger partial charge on any atom is 0.472 e. The molecule has 0 fully saturated rings. The van der Waals surface area contributed by atoms with E-state index in [2.05, 4.69) is 55.4 Å². The van der Waals surface area contributed by atoms with E-state index in [-0.39, 0.29) is 25.7 Å². The van der Waals surface area contributed by atoms with E-state index in [9.17, 15) is 43.2 Å². The molecule has 0 aromatic rings. The molecule has 3 N–H and O–H groups in total. The Morgan fingerprint density at radius 1 is 0.315 bits per heavy atom. The third kappa shape index (κ3) is 62.0. The molecule has 0 bridgehead atoms. The van der Waals surface area contributed by atoms with Crippen molar-refractivity contribution in [3.05, 3.63) is 0 Å². The highest BCUT2D eigenvalue weighted by atomic mass is 31.2. The van der Waals surface area contributed by atoms with Gasteiger partial charge in [-0.3, -0.25) is 37.3 Å². The fourth-order valence-corrected chi connectivity index (χ4v) is 12.0. The third-order valence-electron chi connectivity index (χ3n) is 16.8. The maximum atomic E-state index is 13.0. The highest BCUT2D eigenvalue weighted by Gasteiger charge is 2.30. The molecule has 7 atom stereocenters. The number of esters is 4. The van der Waals surface area contributed by atoms with Crippen molar-refractivity contribution in [1.82, 2.24) is 0 Å². The molecule has 0 heterocycles. The summed E-state index contributed by atoms with van der Waals surface area (Å²) in [5.41, 5.74) is 0. The van der Waals surface area contributed by atoms with Crippen molar-refractivity contribution in [2.75, 3.05) is 39.6 Å². The van der Waals surface area contributed by atoms with E-state index in [0.29, 0.717) is 31.6 Å². The van der Waals surface area contributed by atoms with Crippen molar-refractivity contribution in [2.24, 2.45) is 23.7 Å². The van der Waals surface area contributed by atoms with Gasteiger partial charge in [0.25, 0.3) is 0 Å². The van der Waals surface area contributed by atoms with Gasteiger partial charge in [-0.2, -0.15) is 0 Å². The summed E-state index contributed by atoms with van der Waals surface area (Å²) in [4.78, 5) is 72.5. The van der Waals surface area contributed by atoms with Crippen LogP contribution < -0.4 is 0 Å². The quantitative estimate of drug-likeness (QED) is 0.0222. The molecule has 0 aromatic heterocycles. The minimum Gasteiger partial charge on any atom is -0.462 e. The molecular formula is C70H136O17P2. The zero-order chi connectivity index (χ0) is 66.1. The molecule has 0 saturated heterocycles. The monoisotopic (exact) mass is 1310 g/mol. The fourth-order valence-electron chi connectivity index (χ4n) is 10.4. The Bertz CT molecular complexity index is 1770. The zero-order valence-corrected chi connectivity index (χ0v) is 59.8. The van der Waals surface area contributed by atoms with Gasteiger partial charge in [0, 0.05) is 25.7 Å². The van der Waals surface area contributed by atoms with Gasteiger partial charge < -0.3 is 33.8 Å². The predicted molar refractivity (Wildman–Crippen MR) is 358 cm³/mol. The number of rotatable bonds is 67. The molecule has 89 heavy (non-hydrogen) atoms. The molecule has 0 aromatic carbocycles. The van der Waals surface area contributed by atoms with Crippen molar-refractivity contribution in [1.29, 1.82) is 0 Å².